The van der Waals surface area contributed by atoms with Gasteiger partial charge in [-0.05, 0) is 47.5 Å². The first kappa shape index (κ1) is 16.5. The minimum Gasteiger partial charge on any atom is -0.241 e. The third kappa shape index (κ3) is 3.25. The van der Waals surface area contributed by atoms with Gasteiger partial charge in [0.2, 0.25) is 5.16 Å². The second-order valence-electron chi connectivity index (χ2n) is 6.03. The smallest absolute Gasteiger partial charge is 0.214 e. The fourth-order valence-corrected chi connectivity index (χ4v) is 3.64. The lowest BCUT2D eigenvalue weighted by Crippen LogP contribution is -2.04. The van der Waals surface area contributed by atoms with Crippen molar-refractivity contribution in [1.82, 2.24) is 30.0 Å². The van der Waals surface area contributed by atoms with E-state index in [-0.39, 0.29) is 0 Å². The highest BCUT2D eigenvalue weighted by Crippen LogP contribution is 2.25. The number of para-hydroxylation sites is 2. The van der Waals surface area contributed by atoms with Crippen LogP contribution in [-0.4, -0.2) is 30.0 Å². The van der Waals surface area contributed by atoms with E-state index in [1.807, 2.05) is 58.2 Å². The molecule has 26 heavy (non-hydrogen) atoms. The zero-order chi connectivity index (χ0) is 17.9. The van der Waals surface area contributed by atoms with Gasteiger partial charge in [-0.2, -0.15) is 9.78 Å². The fourth-order valence-electron chi connectivity index (χ4n) is 2.85. The first-order chi connectivity index (χ1) is 12.7. The summed E-state index contributed by atoms with van der Waals surface area (Å²) in [6.45, 7) is 4.14. The monoisotopic (exact) mass is 362 g/mol. The number of hydrogen-bond acceptors (Lipinski definition) is 5. The van der Waals surface area contributed by atoms with Gasteiger partial charge in [-0.1, -0.05) is 48.2 Å². The summed E-state index contributed by atoms with van der Waals surface area (Å²) in [7, 11) is 0. The topological polar surface area (TPSA) is 61.4 Å². The average molecular weight is 362 g/mol. The molecule has 0 saturated carbocycles. The Morgan fingerprint density at radius 3 is 2.50 bits per heavy atom. The van der Waals surface area contributed by atoms with Crippen LogP contribution in [0, 0.1) is 13.8 Å². The molecule has 2 heterocycles. The molecule has 130 valence electrons. The largest absolute Gasteiger partial charge is 0.241 e. The number of benzene rings is 2. The fraction of sp³-hybridized carbons (Fsp3) is 0.158. The van der Waals surface area contributed by atoms with E-state index >= 15 is 0 Å². The number of rotatable bonds is 5. The van der Waals surface area contributed by atoms with Crippen molar-refractivity contribution in [3.8, 4) is 11.4 Å². The summed E-state index contributed by atoms with van der Waals surface area (Å²) < 4.78 is 3.70. The Morgan fingerprint density at radius 2 is 1.73 bits per heavy atom. The molecule has 0 aliphatic carbocycles. The Hall–Kier alpha value is -2.93. The van der Waals surface area contributed by atoms with Crippen molar-refractivity contribution in [2.45, 2.75) is 24.8 Å². The van der Waals surface area contributed by atoms with Crippen LogP contribution < -0.4 is 0 Å². The molecule has 0 spiro atoms. The predicted octanol–water partition coefficient (Wildman–Crippen LogP) is 3.76. The SMILES string of the molecule is Cc1cccc(C)c1-n1nnnc1SCc1cnn(-c2ccccc2)c1. The van der Waals surface area contributed by atoms with Crippen LogP contribution in [-0.2, 0) is 5.75 Å². The Morgan fingerprint density at radius 1 is 0.962 bits per heavy atom. The molecule has 2 aromatic heterocycles. The van der Waals surface area contributed by atoms with Crippen molar-refractivity contribution < 1.29 is 0 Å². The van der Waals surface area contributed by atoms with Gasteiger partial charge in [0.1, 0.15) is 0 Å². The standard InChI is InChI=1S/C19H18N6S/c1-14-7-6-8-15(2)18(14)25-19(21-22-23-25)26-13-16-11-20-24(12-16)17-9-4-3-5-10-17/h3-12H,13H2,1-2H3. The van der Waals surface area contributed by atoms with E-state index in [2.05, 4.69) is 46.6 Å². The molecule has 0 fully saturated rings. The third-order valence-corrected chi connectivity index (χ3v) is 5.11. The summed E-state index contributed by atoms with van der Waals surface area (Å²) >= 11 is 1.60. The van der Waals surface area contributed by atoms with E-state index in [1.165, 1.54) is 0 Å². The highest BCUT2D eigenvalue weighted by molar-refractivity contribution is 7.98. The van der Waals surface area contributed by atoms with Crippen molar-refractivity contribution in [2.24, 2.45) is 0 Å². The van der Waals surface area contributed by atoms with Crippen LogP contribution in [0.5, 0.6) is 0 Å². The first-order valence-corrected chi connectivity index (χ1v) is 9.27. The van der Waals surface area contributed by atoms with Gasteiger partial charge < -0.3 is 0 Å². The van der Waals surface area contributed by atoms with Gasteiger partial charge in [-0.25, -0.2) is 4.68 Å². The number of aromatic nitrogens is 6. The maximum absolute atomic E-state index is 4.44. The molecule has 0 bridgehead atoms. The minimum atomic E-state index is 0.748. The number of thioether (sulfide) groups is 1. The molecule has 0 N–H and O–H groups in total. The zero-order valence-electron chi connectivity index (χ0n) is 14.6. The quantitative estimate of drug-likeness (QED) is 0.506. The number of hydrogen-bond donors (Lipinski definition) is 0. The highest BCUT2D eigenvalue weighted by Gasteiger charge is 2.13. The van der Waals surface area contributed by atoms with Crippen molar-refractivity contribution in [2.75, 3.05) is 0 Å². The van der Waals surface area contributed by atoms with Crippen molar-refractivity contribution in [1.29, 1.82) is 0 Å². The second kappa shape index (κ2) is 7.13. The molecule has 0 amide bonds. The Labute approximate surface area is 155 Å². The van der Waals surface area contributed by atoms with Crippen LogP contribution in [0.1, 0.15) is 16.7 Å². The molecule has 2 aromatic carbocycles. The van der Waals surface area contributed by atoms with Gasteiger partial charge in [-0.15, -0.1) is 5.10 Å². The van der Waals surface area contributed by atoms with Crippen molar-refractivity contribution in [3.05, 3.63) is 77.6 Å². The summed E-state index contributed by atoms with van der Waals surface area (Å²) in [6.07, 6.45) is 3.92. The van der Waals surface area contributed by atoms with Crippen LogP contribution in [0.2, 0.25) is 0 Å². The van der Waals surface area contributed by atoms with Gasteiger partial charge >= 0.3 is 0 Å². The van der Waals surface area contributed by atoms with Crippen molar-refractivity contribution >= 4 is 11.8 Å². The van der Waals surface area contributed by atoms with Gasteiger partial charge in [-0.3, -0.25) is 0 Å². The summed E-state index contributed by atoms with van der Waals surface area (Å²) in [5.41, 5.74) is 5.51. The molecule has 0 aliphatic rings. The highest BCUT2D eigenvalue weighted by atomic mass is 32.2. The molecule has 0 aliphatic heterocycles. The third-order valence-electron chi connectivity index (χ3n) is 4.12. The van der Waals surface area contributed by atoms with Crippen LogP contribution in [0.4, 0.5) is 0 Å². The lowest BCUT2D eigenvalue weighted by Gasteiger charge is -2.10. The van der Waals surface area contributed by atoms with E-state index in [1.54, 1.807) is 11.8 Å². The number of nitrogens with zero attached hydrogens (tertiary/aromatic N) is 6. The van der Waals surface area contributed by atoms with Crippen LogP contribution in [0.3, 0.4) is 0 Å². The second-order valence-corrected chi connectivity index (χ2v) is 6.97. The molecule has 0 radical (unpaired) electrons. The predicted molar refractivity (Wildman–Crippen MR) is 102 cm³/mol. The number of tetrazole rings is 1. The first-order valence-electron chi connectivity index (χ1n) is 8.29. The average Bonchev–Trinajstić information content (AvgIpc) is 3.30. The molecular formula is C19H18N6S. The molecule has 0 unspecified atom stereocenters. The van der Waals surface area contributed by atoms with E-state index < -0.39 is 0 Å². The summed E-state index contributed by atoms with van der Waals surface area (Å²) in [5.74, 6) is 0.748. The van der Waals surface area contributed by atoms with Crippen LogP contribution in [0.25, 0.3) is 11.4 Å². The van der Waals surface area contributed by atoms with Gasteiger partial charge in [0.25, 0.3) is 0 Å². The number of aryl methyl sites for hydroxylation is 2. The zero-order valence-corrected chi connectivity index (χ0v) is 15.4. The van der Waals surface area contributed by atoms with Crippen LogP contribution in [0.15, 0.2) is 66.1 Å². The molecule has 0 atom stereocenters. The Balaban J connectivity index is 1.54. The molecule has 0 saturated heterocycles. The Kier molecular flexibility index (Phi) is 4.53. The molecule has 6 nitrogen and oxygen atoms in total. The lowest BCUT2D eigenvalue weighted by molar-refractivity contribution is 0.747. The summed E-state index contributed by atoms with van der Waals surface area (Å²) in [5, 5.41) is 17.5. The maximum atomic E-state index is 4.44. The molecular weight excluding hydrogens is 344 g/mol. The Bertz CT molecular complexity index is 1000. The van der Waals surface area contributed by atoms with E-state index in [0.717, 1.165) is 39.0 Å². The lowest BCUT2D eigenvalue weighted by atomic mass is 10.1. The van der Waals surface area contributed by atoms with Crippen molar-refractivity contribution in [3.63, 3.8) is 0 Å². The van der Waals surface area contributed by atoms with E-state index in [9.17, 15) is 0 Å². The summed E-state index contributed by atoms with van der Waals surface area (Å²) in [6, 6.07) is 16.3. The van der Waals surface area contributed by atoms with E-state index in [0.29, 0.717) is 0 Å². The van der Waals surface area contributed by atoms with Crippen LogP contribution >= 0.6 is 11.8 Å². The maximum Gasteiger partial charge on any atom is 0.214 e. The summed E-state index contributed by atoms with van der Waals surface area (Å²) in [4.78, 5) is 0. The molecule has 4 aromatic rings. The van der Waals surface area contributed by atoms with Gasteiger partial charge in [0.05, 0.1) is 17.6 Å². The minimum absolute atomic E-state index is 0.748. The molecule has 4 rings (SSSR count). The normalized spacial score (nSPS) is 11.0. The van der Waals surface area contributed by atoms with E-state index in [4.69, 9.17) is 0 Å². The molecule has 7 heteroatoms. The van der Waals surface area contributed by atoms with Gasteiger partial charge in [0, 0.05) is 17.5 Å². The van der Waals surface area contributed by atoms with Gasteiger partial charge in [0.15, 0.2) is 0 Å².